The average molecular weight is 452 g/mol. The van der Waals surface area contributed by atoms with Gasteiger partial charge in [0.1, 0.15) is 5.82 Å². The molecule has 0 saturated carbocycles. The average Bonchev–Trinajstić information content (AvgIpc) is 2.85. The number of piperazine rings is 1. The molecule has 9 nitrogen and oxygen atoms in total. The van der Waals surface area contributed by atoms with Gasteiger partial charge in [0.05, 0.1) is 5.69 Å². The van der Waals surface area contributed by atoms with Gasteiger partial charge < -0.3 is 4.90 Å². The number of aromatic nitrogens is 5. The molecule has 0 bridgehead atoms. The molecule has 0 aromatic carbocycles. The Balaban J connectivity index is 1.26. The first-order valence-corrected chi connectivity index (χ1v) is 12.0. The molecule has 0 spiro atoms. The molecule has 4 heterocycles. The summed E-state index contributed by atoms with van der Waals surface area (Å²) >= 11 is 0. The van der Waals surface area contributed by atoms with E-state index in [0.29, 0.717) is 38.5 Å². The Kier molecular flexibility index (Phi) is 7.13. The second-order valence-corrected chi connectivity index (χ2v) is 9.17. The lowest BCUT2D eigenvalue weighted by Gasteiger charge is -2.33. The molecule has 166 valence electrons. The quantitative estimate of drug-likeness (QED) is 0.481. The van der Waals surface area contributed by atoms with Gasteiger partial charge in [0, 0.05) is 74.6 Å². The van der Waals surface area contributed by atoms with Crippen LogP contribution in [0.3, 0.4) is 0 Å². The van der Waals surface area contributed by atoms with Crippen LogP contribution in [0, 0.1) is 0 Å². The number of hydrogen-bond donors (Lipinski definition) is 0. The Bertz CT molecular complexity index is 1120. The molecule has 0 amide bonds. The largest absolute Gasteiger partial charge is 0.338 e. The highest BCUT2D eigenvalue weighted by Crippen LogP contribution is 2.18. The Morgan fingerprint density at radius 2 is 1.59 bits per heavy atom. The molecular formula is C22H25N7O2S. The highest BCUT2D eigenvalue weighted by Gasteiger charge is 2.26. The molecule has 0 unspecified atom stereocenters. The third kappa shape index (κ3) is 5.71. The highest BCUT2D eigenvalue weighted by atomic mass is 32.2. The number of aryl methyl sites for hydroxylation is 1. The predicted octanol–water partition coefficient (Wildman–Crippen LogP) is 2.32. The molecule has 4 rings (SSSR count). The number of pyridine rings is 1. The summed E-state index contributed by atoms with van der Waals surface area (Å²) < 4.78 is 26.7. The van der Waals surface area contributed by atoms with Crippen molar-refractivity contribution < 1.29 is 8.42 Å². The van der Waals surface area contributed by atoms with E-state index < -0.39 is 10.0 Å². The highest BCUT2D eigenvalue weighted by molar-refractivity contribution is 7.92. The van der Waals surface area contributed by atoms with E-state index in [1.54, 1.807) is 43.1 Å². The molecule has 1 fully saturated rings. The maximum atomic E-state index is 12.6. The van der Waals surface area contributed by atoms with Crippen molar-refractivity contribution in [2.75, 3.05) is 31.1 Å². The van der Waals surface area contributed by atoms with Crippen molar-refractivity contribution in [3.8, 4) is 11.3 Å². The van der Waals surface area contributed by atoms with E-state index in [1.807, 2.05) is 23.1 Å². The first-order valence-electron chi connectivity index (χ1n) is 10.5. The van der Waals surface area contributed by atoms with E-state index in [9.17, 15) is 8.42 Å². The lowest BCUT2D eigenvalue weighted by atomic mass is 10.2. The fraction of sp³-hybridized carbons (Fsp3) is 0.318. The molecule has 0 atom stereocenters. The number of anilines is 1. The van der Waals surface area contributed by atoms with E-state index in [1.165, 1.54) is 9.71 Å². The summed E-state index contributed by atoms with van der Waals surface area (Å²) in [6.07, 6.45) is 12.5. The van der Waals surface area contributed by atoms with Crippen LogP contribution < -0.4 is 4.90 Å². The van der Waals surface area contributed by atoms with Crippen LogP contribution in [-0.2, 0) is 16.4 Å². The van der Waals surface area contributed by atoms with Crippen molar-refractivity contribution in [1.29, 1.82) is 0 Å². The second kappa shape index (κ2) is 10.4. The summed E-state index contributed by atoms with van der Waals surface area (Å²) in [6, 6.07) is 7.47. The monoisotopic (exact) mass is 451 g/mol. The van der Waals surface area contributed by atoms with Gasteiger partial charge in [0.25, 0.3) is 0 Å². The topological polar surface area (TPSA) is 105 Å². The van der Waals surface area contributed by atoms with Gasteiger partial charge >= 0.3 is 0 Å². The Morgan fingerprint density at radius 1 is 0.875 bits per heavy atom. The minimum absolute atomic E-state index is 0.399. The van der Waals surface area contributed by atoms with Gasteiger partial charge in [-0.25, -0.2) is 28.4 Å². The van der Waals surface area contributed by atoms with Gasteiger partial charge in [0.2, 0.25) is 16.0 Å². The van der Waals surface area contributed by atoms with E-state index in [4.69, 9.17) is 0 Å². The van der Waals surface area contributed by atoms with Gasteiger partial charge in [-0.05, 0) is 31.0 Å². The predicted molar refractivity (Wildman–Crippen MR) is 122 cm³/mol. The van der Waals surface area contributed by atoms with Crippen LogP contribution in [0.25, 0.3) is 11.3 Å². The van der Waals surface area contributed by atoms with Crippen molar-refractivity contribution in [1.82, 2.24) is 29.2 Å². The molecule has 3 aromatic heterocycles. The van der Waals surface area contributed by atoms with Crippen molar-refractivity contribution in [2.45, 2.75) is 19.3 Å². The number of sulfonamides is 1. The molecule has 0 N–H and O–H groups in total. The molecule has 3 aromatic rings. The van der Waals surface area contributed by atoms with Crippen molar-refractivity contribution in [2.24, 2.45) is 0 Å². The second-order valence-electron chi connectivity index (χ2n) is 7.35. The number of allylic oxidation sites excluding steroid dienone is 1. The third-order valence-electron chi connectivity index (χ3n) is 5.14. The zero-order valence-corrected chi connectivity index (χ0v) is 18.5. The fourth-order valence-corrected chi connectivity index (χ4v) is 4.63. The van der Waals surface area contributed by atoms with E-state index in [0.717, 1.165) is 29.9 Å². The molecule has 0 aliphatic carbocycles. The molecular weight excluding hydrogens is 426 g/mol. The summed E-state index contributed by atoms with van der Waals surface area (Å²) in [6.45, 7) is 1.88. The van der Waals surface area contributed by atoms with Crippen LogP contribution in [0.4, 0.5) is 5.95 Å². The van der Waals surface area contributed by atoms with Gasteiger partial charge in [-0.1, -0.05) is 12.1 Å². The van der Waals surface area contributed by atoms with Gasteiger partial charge in [0.15, 0.2) is 0 Å². The number of unbranched alkanes of at least 4 members (excludes halogenated alkanes) is 1. The molecule has 0 radical (unpaired) electrons. The first kappa shape index (κ1) is 22.0. The minimum Gasteiger partial charge on any atom is -0.338 e. The summed E-state index contributed by atoms with van der Waals surface area (Å²) in [7, 11) is -3.43. The Hall–Kier alpha value is -3.24. The van der Waals surface area contributed by atoms with Crippen LogP contribution >= 0.6 is 0 Å². The first-order chi connectivity index (χ1) is 15.6. The molecule has 1 aliphatic rings. The SMILES string of the molecule is O=S(=O)(C=CCCCc1ncccn1)N1CCN(c2ncc(-c3ccccn3)cn2)CC1. The minimum atomic E-state index is -3.43. The van der Waals surface area contributed by atoms with Crippen molar-refractivity contribution in [3.05, 3.63) is 72.6 Å². The lowest BCUT2D eigenvalue weighted by Crippen LogP contribution is -2.48. The molecule has 1 saturated heterocycles. The number of rotatable bonds is 8. The Labute approximate surface area is 188 Å². The fourth-order valence-electron chi connectivity index (χ4n) is 3.41. The normalized spacial score (nSPS) is 15.3. The summed E-state index contributed by atoms with van der Waals surface area (Å²) in [5.74, 6) is 1.37. The summed E-state index contributed by atoms with van der Waals surface area (Å²) in [5.41, 5.74) is 1.66. The Morgan fingerprint density at radius 3 is 2.28 bits per heavy atom. The van der Waals surface area contributed by atoms with Crippen LogP contribution in [0.15, 0.2) is 66.7 Å². The van der Waals surface area contributed by atoms with Crippen LogP contribution in [0.1, 0.15) is 18.7 Å². The van der Waals surface area contributed by atoms with Gasteiger partial charge in [-0.3, -0.25) is 4.98 Å². The molecule has 10 heteroatoms. The van der Waals surface area contributed by atoms with Gasteiger partial charge in [-0.15, -0.1) is 0 Å². The van der Waals surface area contributed by atoms with E-state index in [2.05, 4.69) is 24.9 Å². The maximum Gasteiger partial charge on any atom is 0.236 e. The van der Waals surface area contributed by atoms with Crippen LogP contribution in [0.2, 0.25) is 0 Å². The third-order valence-corrected chi connectivity index (χ3v) is 6.76. The van der Waals surface area contributed by atoms with Gasteiger partial charge in [-0.2, -0.15) is 4.31 Å². The number of nitrogens with zero attached hydrogens (tertiary/aromatic N) is 7. The van der Waals surface area contributed by atoms with Crippen LogP contribution in [-0.4, -0.2) is 63.8 Å². The van der Waals surface area contributed by atoms with Crippen molar-refractivity contribution in [3.63, 3.8) is 0 Å². The number of hydrogen-bond acceptors (Lipinski definition) is 8. The van der Waals surface area contributed by atoms with E-state index >= 15 is 0 Å². The smallest absolute Gasteiger partial charge is 0.236 e. The van der Waals surface area contributed by atoms with Crippen LogP contribution in [0.5, 0.6) is 0 Å². The summed E-state index contributed by atoms with van der Waals surface area (Å²) in [4.78, 5) is 23.5. The zero-order chi connectivity index (χ0) is 22.2. The van der Waals surface area contributed by atoms with E-state index in [-0.39, 0.29) is 0 Å². The molecule has 32 heavy (non-hydrogen) atoms. The molecule has 1 aliphatic heterocycles. The standard InChI is InChI=1S/C22H25N7O2S/c30-32(31,16-5-1-2-8-21-24-10-6-11-25-21)29-14-12-28(13-15-29)22-26-17-19(18-27-22)20-7-3-4-9-23-20/h3-7,9-11,16-18H,1-2,8,12-15H2. The maximum absolute atomic E-state index is 12.6. The van der Waals surface area contributed by atoms with Crippen molar-refractivity contribution >= 4 is 16.0 Å². The zero-order valence-electron chi connectivity index (χ0n) is 17.7. The lowest BCUT2D eigenvalue weighted by molar-refractivity contribution is 0.387. The summed E-state index contributed by atoms with van der Waals surface area (Å²) in [5, 5.41) is 1.31.